The zero-order valence-corrected chi connectivity index (χ0v) is 11.5. The first-order valence-corrected chi connectivity index (χ1v) is 6.82. The van der Waals surface area contributed by atoms with Gasteiger partial charge in [0.15, 0.2) is 6.10 Å². The molecule has 1 N–H and O–H groups in total. The van der Waals surface area contributed by atoms with Gasteiger partial charge >= 0.3 is 5.97 Å². The van der Waals surface area contributed by atoms with Gasteiger partial charge < -0.3 is 19.6 Å². The van der Waals surface area contributed by atoms with E-state index in [0.29, 0.717) is 12.8 Å². The van der Waals surface area contributed by atoms with Crippen LogP contribution in [0.5, 0.6) is 0 Å². The Morgan fingerprint density at radius 3 is 2.53 bits per heavy atom. The number of amides is 1. The van der Waals surface area contributed by atoms with E-state index in [1.165, 1.54) is 0 Å². The fourth-order valence-electron chi connectivity index (χ4n) is 2.92. The van der Waals surface area contributed by atoms with Gasteiger partial charge in [0, 0.05) is 19.1 Å². The number of carbonyl (C=O) groups excluding carboxylic acids is 1. The van der Waals surface area contributed by atoms with Gasteiger partial charge in [-0.3, -0.25) is 4.79 Å². The number of hydrogen-bond acceptors (Lipinski definition) is 4. The lowest BCUT2D eigenvalue weighted by Gasteiger charge is -2.29. The Morgan fingerprint density at radius 1 is 1.26 bits per heavy atom. The number of rotatable bonds is 4. The van der Waals surface area contributed by atoms with Crippen molar-refractivity contribution in [1.29, 1.82) is 0 Å². The number of carboxylic acid groups (broad SMARTS) is 1. The van der Waals surface area contributed by atoms with Crippen molar-refractivity contribution in [1.82, 2.24) is 9.80 Å². The minimum absolute atomic E-state index is 0.0342. The van der Waals surface area contributed by atoms with Crippen LogP contribution in [0.2, 0.25) is 0 Å². The van der Waals surface area contributed by atoms with Gasteiger partial charge in [0.05, 0.1) is 0 Å². The van der Waals surface area contributed by atoms with Gasteiger partial charge in [0.25, 0.3) is 5.91 Å². The summed E-state index contributed by atoms with van der Waals surface area (Å²) in [5.41, 5.74) is 0. The monoisotopic (exact) mass is 270 g/mol. The van der Waals surface area contributed by atoms with Crippen LogP contribution in [0, 0.1) is 0 Å². The lowest BCUT2D eigenvalue weighted by atomic mass is 10.1. The number of aliphatic carboxylic acids is 1. The summed E-state index contributed by atoms with van der Waals surface area (Å²) in [7, 11) is 3.99. The number of likely N-dealkylation sites (tertiary alicyclic amines) is 1. The van der Waals surface area contributed by atoms with E-state index in [1.807, 2.05) is 19.0 Å². The van der Waals surface area contributed by atoms with E-state index in [0.717, 1.165) is 25.9 Å². The molecule has 1 amide bonds. The van der Waals surface area contributed by atoms with E-state index in [-0.39, 0.29) is 11.9 Å². The van der Waals surface area contributed by atoms with Crippen molar-refractivity contribution in [2.45, 2.75) is 43.9 Å². The Morgan fingerprint density at radius 2 is 1.95 bits per heavy atom. The van der Waals surface area contributed by atoms with E-state index in [2.05, 4.69) is 4.90 Å². The second-order valence-corrected chi connectivity index (χ2v) is 5.62. The van der Waals surface area contributed by atoms with Gasteiger partial charge in [-0.25, -0.2) is 4.79 Å². The summed E-state index contributed by atoms with van der Waals surface area (Å²) < 4.78 is 5.35. The molecular formula is C13H22N2O4. The molecule has 1 unspecified atom stereocenters. The highest BCUT2D eigenvalue weighted by Crippen LogP contribution is 2.25. The number of likely N-dealkylation sites (N-methyl/N-ethyl adjacent to an activating group) is 1. The largest absolute Gasteiger partial charge is 0.479 e. The molecule has 2 fully saturated rings. The maximum Gasteiger partial charge on any atom is 0.332 e. The summed E-state index contributed by atoms with van der Waals surface area (Å²) >= 11 is 0. The molecule has 0 aromatic carbocycles. The predicted molar refractivity (Wildman–Crippen MR) is 68.8 cm³/mol. The minimum Gasteiger partial charge on any atom is -0.479 e. The second-order valence-electron chi connectivity index (χ2n) is 5.62. The maximum absolute atomic E-state index is 12.4. The molecule has 6 heteroatoms. The highest BCUT2D eigenvalue weighted by Gasteiger charge is 2.39. The highest BCUT2D eigenvalue weighted by atomic mass is 16.5. The van der Waals surface area contributed by atoms with Gasteiger partial charge in [-0.05, 0) is 39.8 Å². The van der Waals surface area contributed by atoms with Crippen molar-refractivity contribution in [3.63, 3.8) is 0 Å². The van der Waals surface area contributed by atoms with Gasteiger partial charge in [-0.15, -0.1) is 0 Å². The second kappa shape index (κ2) is 5.88. The smallest absolute Gasteiger partial charge is 0.332 e. The normalized spacial score (nSPS) is 31.1. The van der Waals surface area contributed by atoms with Crippen LogP contribution in [0.15, 0.2) is 0 Å². The molecule has 6 nitrogen and oxygen atoms in total. The van der Waals surface area contributed by atoms with Gasteiger partial charge in [-0.1, -0.05) is 0 Å². The molecule has 2 saturated heterocycles. The van der Waals surface area contributed by atoms with Crippen LogP contribution in [-0.2, 0) is 14.3 Å². The minimum atomic E-state index is -0.971. The Kier molecular flexibility index (Phi) is 4.42. The van der Waals surface area contributed by atoms with Crippen molar-refractivity contribution in [3.05, 3.63) is 0 Å². The SMILES string of the molecule is CN(C)CC1CCCN1C(=O)[C@@H]1CC[C@H](C(=O)O)O1. The number of carbonyl (C=O) groups is 2. The first-order valence-electron chi connectivity index (χ1n) is 6.82. The molecule has 0 aliphatic carbocycles. The molecular weight excluding hydrogens is 248 g/mol. The molecule has 2 aliphatic heterocycles. The summed E-state index contributed by atoms with van der Waals surface area (Å²) in [5, 5.41) is 8.89. The first kappa shape index (κ1) is 14.3. The highest BCUT2D eigenvalue weighted by molar-refractivity contribution is 5.83. The summed E-state index contributed by atoms with van der Waals surface area (Å²) in [5.74, 6) is -1.00. The standard InChI is InChI=1S/C13H22N2O4/c1-14(2)8-9-4-3-7-15(9)12(16)10-5-6-11(19-10)13(17)18/h9-11H,3-8H2,1-2H3,(H,17,18)/t9?,10-,11+/m0/s1. The molecule has 3 atom stereocenters. The molecule has 0 bridgehead atoms. The van der Waals surface area contributed by atoms with E-state index < -0.39 is 18.2 Å². The number of hydrogen-bond donors (Lipinski definition) is 1. The number of nitrogens with zero attached hydrogens (tertiary/aromatic N) is 2. The van der Waals surface area contributed by atoms with Crippen molar-refractivity contribution in [2.75, 3.05) is 27.2 Å². The van der Waals surface area contributed by atoms with Crippen LogP contribution in [-0.4, -0.2) is 72.2 Å². The predicted octanol–water partition coefficient (Wildman–Crippen LogP) is 0.171. The van der Waals surface area contributed by atoms with Crippen molar-refractivity contribution in [3.8, 4) is 0 Å². The first-order chi connectivity index (χ1) is 8.99. The van der Waals surface area contributed by atoms with Crippen LogP contribution < -0.4 is 0 Å². The van der Waals surface area contributed by atoms with E-state index in [9.17, 15) is 9.59 Å². The molecule has 2 aliphatic rings. The lowest BCUT2D eigenvalue weighted by Crippen LogP contribution is -2.46. The summed E-state index contributed by atoms with van der Waals surface area (Å²) in [6.07, 6.45) is 1.59. The van der Waals surface area contributed by atoms with Crippen LogP contribution in [0.1, 0.15) is 25.7 Å². The zero-order chi connectivity index (χ0) is 14.0. The van der Waals surface area contributed by atoms with Crippen molar-refractivity contribution in [2.24, 2.45) is 0 Å². The average Bonchev–Trinajstić information content (AvgIpc) is 2.95. The summed E-state index contributed by atoms with van der Waals surface area (Å²) in [4.78, 5) is 27.2. The average molecular weight is 270 g/mol. The third-order valence-corrected chi connectivity index (χ3v) is 3.81. The quantitative estimate of drug-likeness (QED) is 0.788. The topological polar surface area (TPSA) is 70.1 Å². The molecule has 19 heavy (non-hydrogen) atoms. The van der Waals surface area contributed by atoms with Crippen LogP contribution >= 0.6 is 0 Å². The Balaban J connectivity index is 1.94. The fraction of sp³-hybridized carbons (Fsp3) is 0.846. The number of carboxylic acids is 1. The number of ether oxygens (including phenoxy) is 1. The van der Waals surface area contributed by atoms with Crippen molar-refractivity contribution < 1.29 is 19.4 Å². The van der Waals surface area contributed by atoms with Gasteiger partial charge in [0.2, 0.25) is 0 Å². The van der Waals surface area contributed by atoms with Crippen LogP contribution in [0.25, 0.3) is 0 Å². The lowest BCUT2D eigenvalue weighted by molar-refractivity contribution is -0.155. The third-order valence-electron chi connectivity index (χ3n) is 3.81. The Bertz CT molecular complexity index is 359. The molecule has 0 aromatic heterocycles. The Labute approximate surface area is 113 Å². The zero-order valence-electron chi connectivity index (χ0n) is 11.5. The fourth-order valence-corrected chi connectivity index (χ4v) is 2.92. The molecule has 0 spiro atoms. The van der Waals surface area contributed by atoms with E-state index in [4.69, 9.17) is 9.84 Å². The maximum atomic E-state index is 12.4. The molecule has 2 heterocycles. The van der Waals surface area contributed by atoms with E-state index in [1.54, 1.807) is 0 Å². The van der Waals surface area contributed by atoms with Gasteiger partial charge in [-0.2, -0.15) is 0 Å². The van der Waals surface area contributed by atoms with Crippen LogP contribution in [0.3, 0.4) is 0 Å². The third kappa shape index (κ3) is 3.25. The summed E-state index contributed by atoms with van der Waals surface area (Å²) in [6.45, 7) is 1.61. The molecule has 0 radical (unpaired) electrons. The van der Waals surface area contributed by atoms with Crippen molar-refractivity contribution >= 4 is 11.9 Å². The molecule has 108 valence electrons. The van der Waals surface area contributed by atoms with Crippen LogP contribution in [0.4, 0.5) is 0 Å². The Hall–Kier alpha value is -1.14. The molecule has 0 aromatic rings. The van der Waals surface area contributed by atoms with E-state index >= 15 is 0 Å². The molecule has 0 saturated carbocycles. The molecule has 2 rings (SSSR count). The summed E-state index contributed by atoms with van der Waals surface area (Å²) in [6, 6.07) is 0.231. The van der Waals surface area contributed by atoms with Gasteiger partial charge in [0.1, 0.15) is 6.10 Å².